The number of rotatable bonds is 4. The third kappa shape index (κ3) is 4.27. The van der Waals surface area contributed by atoms with E-state index < -0.39 is 9.84 Å². The minimum atomic E-state index is -3.25. The molecule has 146 valence electrons. The minimum Gasteiger partial charge on any atom is -0.299 e. The molecule has 0 aliphatic rings. The second kappa shape index (κ2) is 7.75. The van der Waals surface area contributed by atoms with Crippen molar-refractivity contribution < 1.29 is 8.42 Å². The molecule has 0 saturated carbocycles. The largest absolute Gasteiger partial charge is 0.299 e. The Morgan fingerprint density at radius 1 is 0.931 bits per heavy atom. The van der Waals surface area contributed by atoms with E-state index in [2.05, 4.69) is 15.3 Å². The first-order valence-electron chi connectivity index (χ1n) is 8.83. The van der Waals surface area contributed by atoms with Crippen LogP contribution >= 0.6 is 20.8 Å². The Hall–Kier alpha value is -2.46. The molecule has 0 aliphatic carbocycles. The van der Waals surface area contributed by atoms with Gasteiger partial charge in [-0.3, -0.25) is 4.57 Å². The lowest BCUT2D eigenvalue weighted by Gasteiger charge is -2.09. The maximum absolute atomic E-state index is 11.8. The van der Waals surface area contributed by atoms with Crippen LogP contribution in [0.2, 0.25) is 5.02 Å². The van der Waals surface area contributed by atoms with Crippen molar-refractivity contribution >= 4 is 36.0 Å². The van der Waals surface area contributed by atoms with Crippen LogP contribution in [0.15, 0.2) is 83.9 Å². The Balaban J connectivity index is 1.88. The molecule has 4 nitrogen and oxygen atoms in total. The molecule has 0 bridgehead atoms. The summed E-state index contributed by atoms with van der Waals surface area (Å²) in [7, 11) is -0.560. The molecule has 3 aromatic carbocycles. The first kappa shape index (κ1) is 19.8. The number of sulfone groups is 1. The summed E-state index contributed by atoms with van der Waals surface area (Å²) >= 11 is 6.05. The van der Waals surface area contributed by atoms with E-state index in [-0.39, 0.29) is 4.90 Å². The van der Waals surface area contributed by atoms with Crippen LogP contribution in [-0.2, 0) is 9.84 Å². The van der Waals surface area contributed by atoms with Crippen molar-refractivity contribution in [2.45, 2.75) is 4.90 Å². The maximum atomic E-state index is 11.8. The van der Waals surface area contributed by atoms with E-state index in [1.54, 1.807) is 24.3 Å². The van der Waals surface area contributed by atoms with Gasteiger partial charge in [0.2, 0.25) is 0 Å². The highest BCUT2D eigenvalue weighted by Gasteiger charge is 2.14. The standard InChI is InChI=1S/C22H18ClN2O2PS/c1-29(26,27)20-11-9-18(10-12-20)25-14-21(16-3-2-4-19(28)13-16)24-22(25)15-5-7-17(23)8-6-15/h2-14H,28H2,1H3. The zero-order valence-electron chi connectivity index (χ0n) is 15.6. The summed E-state index contributed by atoms with van der Waals surface area (Å²) in [6.07, 6.45) is 3.16. The second-order valence-electron chi connectivity index (χ2n) is 6.72. The van der Waals surface area contributed by atoms with E-state index in [0.717, 1.165) is 33.6 Å². The number of hydrogen-bond donors (Lipinski definition) is 0. The Kier molecular flexibility index (Phi) is 5.30. The SMILES string of the molecule is CS(=O)(=O)c1ccc(-n2cc(-c3cccc(P)c3)nc2-c2ccc(Cl)cc2)cc1. The van der Waals surface area contributed by atoms with E-state index in [4.69, 9.17) is 16.6 Å². The predicted octanol–water partition coefficient (Wildman–Crippen LogP) is 4.76. The van der Waals surface area contributed by atoms with Crippen LogP contribution in [-0.4, -0.2) is 24.2 Å². The van der Waals surface area contributed by atoms with Crippen LogP contribution in [0.5, 0.6) is 0 Å². The highest BCUT2D eigenvalue weighted by molar-refractivity contribution is 7.90. The molecule has 1 unspecified atom stereocenters. The smallest absolute Gasteiger partial charge is 0.175 e. The molecular formula is C22H18ClN2O2PS. The highest BCUT2D eigenvalue weighted by Crippen LogP contribution is 2.29. The molecule has 0 fully saturated rings. The van der Waals surface area contributed by atoms with Crippen LogP contribution in [0.4, 0.5) is 0 Å². The normalized spacial score (nSPS) is 11.6. The van der Waals surface area contributed by atoms with Crippen LogP contribution in [0.25, 0.3) is 28.3 Å². The number of nitrogens with zero attached hydrogens (tertiary/aromatic N) is 2. The molecule has 7 heteroatoms. The zero-order chi connectivity index (χ0) is 20.6. The van der Waals surface area contributed by atoms with Gasteiger partial charge in [-0.2, -0.15) is 0 Å². The number of halogens is 1. The molecule has 29 heavy (non-hydrogen) atoms. The molecule has 0 saturated heterocycles. The predicted molar refractivity (Wildman–Crippen MR) is 122 cm³/mol. The second-order valence-corrected chi connectivity index (χ2v) is 9.84. The lowest BCUT2D eigenvalue weighted by Crippen LogP contribution is -1.99. The van der Waals surface area contributed by atoms with Crippen molar-refractivity contribution in [3.63, 3.8) is 0 Å². The van der Waals surface area contributed by atoms with Crippen molar-refractivity contribution in [1.82, 2.24) is 9.55 Å². The van der Waals surface area contributed by atoms with Gasteiger partial charge in [-0.1, -0.05) is 29.8 Å². The van der Waals surface area contributed by atoms with Gasteiger partial charge < -0.3 is 0 Å². The van der Waals surface area contributed by atoms with E-state index in [9.17, 15) is 8.42 Å². The molecule has 1 aromatic heterocycles. The molecule has 0 aliphatic heterocycles. The van der Waals surface area contributed by atoms with Crippen molar-refractivity contribution in [2.24, 2.45) is 0 Å². The quantitative estimate of drug-likeness (QED) is 0.430. The number of hydrogen-bond acceptors (Lipinski definition) is 3. The summed E-state index contributed by atoms with van der Waals surface area (Å²) in [5.41, 5.74) is 3.56. The molecule has 4 aromatic rings. The lowest BCUT2D eigenvalue weighted by molar-refractivity contribution is 0.602. The molecule has 1 atom stereocenters. The van der Waals surface area contributed by atoms with Gasteiger partial charge in [-0.25, -0.2) is 13.4 Å². The summed E-state index contributed by atoms with van der Waals surface area (Å²) in [5, 5.41) is 1.72. The third-order valence-electron chi connectivity index (χ3n) is 4.53. The Bertz CT molecular complexity index is 1280. The topological polar surface area (TPSA) is 52.0 Å². The first-order chi connectivity index (χ1) is 13.8. The minimum absolute atomic E-state index is 0.283. The molecule has 4 rings (SSSR count). The summed E-state index contributed by atoms with van der Waals surface area (Å²) in [5.74, 6) is 0.748. The third-order valence-corrected chi connectivity index (χ3v) is 6.27. The summed E-state index contributed by atoms with van der Waals surface area (Å²) < 4.78 is 25.5. The van der Waals surface area contributed by atoms with E-state index in [1.807, 2.05) is 53.2 Å². The molecule has 0 spiro atoms. The van der Waals surface area contributed by atoms with Crippen LogP contribution < -0.4 is 5.30 Å². The monoisotopic (exact) mass is 440 g/mol. The van der Waals surface area contributed by atoms with E-state index in [0.29, 0.717) is 5.02 Å². The number of imidazole rings is 1. The van der Waals surface area contributed by atoms with Crippen LogP contribution in [0.3, 0.4) is 0 Å². The molecule has 0 amide bonds. The van der Waals surface area contributed by atoms with Crippen molar-refractivity contribution in [1.29, 1.82) is 0 Å². The van der Waals surface area contributed by atoms with Crippen LogP contribution in [0, 0.1) is 0 Å². The molecule has 0 radical (unpaired) electrons. The lowest BCUT2D eigenvalue weighted by atomic mass is 10.2. The van der Waals surface area contributed by atoms with Gasteiger partial charge in [0.25, 0.3) is 0 Å². The highest BCUT2D eigenvalue weighted by atomic mass is 35.5. The number of benzene rings is 3. The van der Waals surface area contributed by atoms with Gasteiger partial charge >= 0.3 is 0 Å². The molecule has 0 N–H and O–H groups in total. The Morgan fingerprint density at radius 2 is 1.62 bits per heavy atom. The van der Waals surface area contributed by atoms with Crippen molar-refractivity contribution in [3.8, 4) is 28.3 Å². The van der Waals surface area contributed by atoms with E-state index in [1.165, 1.54) is 6.26 Å². The summed E-state index contributed by atoms with van der Waals surface area (Å²) in [4.78, 5) is 5.14. The van der Waals surface area contributed by atoms with Crippen molar-refractivity contribution in [2.75, 3.05) is 6.26 Å². The fourth-order valence-electron chi connectivity index (χ4n) is 3.07. The molecule has 1 heterocycles. The Labute approximate surface area is 177 Å². The van der Waals surface area contributed by atoms with Gasteiger partial charge in [0, 0.05) is 34.3 Å². The maximum Gasteiger partial charge on any atom is 0.175 e. The van der Waals surface area contributed by atoms with Crippen molar-refractivity contribution in [3.05, 3.63) is 84.0 Å². The van der Waals surface area contributed by atoms with Gasteiger partial charge in [-0.15, -0.1) is 9.24 Å². The van der Waals surface area contributed by atoms with Crippen LogP contribution in [0.1, 0.15) is 0 Å². The average molecular weight is 441 g/mol. The average Bonchev–Trinajstić information content (AvgIpc) is 3.13. The summed E-state index contributed by atoms with van der Waals surface area (Å²) in [6, 6.07) is 22.3. The zero-order valence-corrected chi connectivity index (χ0v) is 18.3. The Morgan fingerprint density at radius 3 is 2.24 bits per heavy atom. The molecular weight excluding hydrogens is 423 g/mol. The fourth-order valence-corrected chi connectivity index (χ4v) is 4.12. The van der Waals surface area contributed by atoms with E-state index >= 15 is 0 Å². The van der Waals surface area contributed by atoms with Gasteiger partial charge in [0.1, 0.15) is 5.82 Å². The number of aromatic nitrogens is 2. The summed E-state index contributed by atoms with van der Waals surface area (Å²) in [6.45, 7) is 0. The first-order valence-corrected chi connectivity index (χ1v) is 11.7. The fraction of sp³-hybridized carbons (Fsp3) is 0.0455. The van der Waals surface area contributed by atoms with Gasteiger partial charge in [0.05, 0.1) is 10.6 Å². The van der Waals surface area contributed by atoms with Gasteiger partial charge in [-0.05, 0) is 59.9 Å². The van der Waals surface area contributed by atoms with Gasteiger partial charge in [0.15, 0.2) is 9.84 Å².